The molecule has 28 heavy (non-hydrogen) atoms. The number of thioether (sulfide) groups is 1. The van der Waals surface area contributed by atoms with Crippen molar-refractivity contribution in [3.8, 4) is 11.5 Å². The van der Waals surface area contributed by atoms with Crippen molar-refractivity contribution < 1.29 is 31.5 Å². The maximum absolute atomic E-state index is 13.2. The minimum absolute atomic E-state index is 0.0813. The van der Waals surface area contributed by atoms with Crippen LogP contribution in [0.5, 0.6) is 11.5 Å². The Kier molecular flexibility index (Phi) is 6.43. The summed E-state index contributed by atoms with van der Waals surface area (Å²) in [5.74, 6) is -0.118. The Hall–Kier alpha value is -2.49. The number of halogens is 5. The first kappa shape index (κ1) is 21.8. The second-order valence-electron chi connectivity index (χ2n) is 5.73. The van der Waals surface area contributed by atoms with Gasteiger partial charge in [-0.25, -0.2) is 0 Å². The number of benzene rings is 2. The number of hydrogen-bond donors (Lipinski definition) is 0. The van der Waals surface area contributed by atoms with Gasteiger partial charge in [-0.05, 0) is 67.1 Å². The summed E-state index contributed by atoms with van der Waals surface area (Å²) in [5, 5.41) is 1.96. The molecule has 0 spiro atoms. The lowest BCUT2D eigenvalue weighted by atomic mass is 10.0. The van der Waals surface area contributed by atoms with Gasteiger partial charge in [0.05, 0.1) is 0 Å². The minimum Gasteiger partial charge on any atom is -0.457 e. The molecule has 0 unspecified atom stereocenters. The van der Waals surface area contributed by atoms with E-state index < -0.39 is 29.1 Å². The second-order valence-corrected chi connectivity index (χ2v) is 6.92. The Balaban J connectivity index is 2.27. The van der Waals surface area contributed by atoms with Crippen molar-refractivity contribution in [1.82, 2.24) is 0 Å². The fraction of sp³-hybridized carbons (Fsp3) is 0.278. The first-order valence-electron chi connectivity index (χ1n) is 7.81. The molecule has 150 valence electrons. The summed E-state index contributed by atoms with van der Waals surface area (Å²) < 4.78 is 69.2. The highest BCUT2D eigenvalue weighted by atomic mass is 32.2. The third-order valence-corrected chi connectivity index (χ3v) is 4.53. The van der Waals surface area contributed by atoms with Crippen LogP contribution in [0.4, 0.5) is 22.0 Å². The number of nitrogens with zero attached hydrogens (tertiary/aromatic N) is 2. The predicted octanol–water partition coefficient (Wildman–Crippen LogP) is 6.57. The molecule has 0 N–H and O–H groups in total. The van der Waals surface area contributed by atoms with Crippen molar-refractivity contribution >= 4 is 17.7 Å². The molecule has 2 aromatic carbocycles. The second kappa shape index (κ2) is 8.26. The average molecular weight is 418 g/mol. The van der Waals surface area contributed by atoms with E-state index in [1.165, 1.54) is 25.2 Å². The highest BCUT2D eigenvalue weighted by Gasteiger charge is 2.58. The van der Waals surface area contributed by atoms with Crippen LogP contribution >= 0.6 is 11.8 Å². The van der Waals surface area contributed by atoms with Crippen LogP contribution in [0.2, 0.25) is 0 Å². The third kappa shape index (κ3) is 5.06. The molecule has 0 aliphatic heterocycles. The van der Waals surface area contributed by atoms with Gasteiger partial charge < -0.3 is 4.74 Å². The predicted molar refractivity (Wildman–Crippen MR) is 94.4 cm³/mol. The number of rotatable bonds is 5. The highest BCUT2D eigenvalue weighted by Crippen LogP contribution is 2.48. The minimum atomic E-state index is -5.67. The summed E-state index contributed by atoms with van der Waals surface area (Å²) in [5.41, 5.74) is 1.43. The van der Waals surface area contributed by atoms with Crippen molar-refractivity contribution in [3.63, 3.8) is 0 Å². The molecule has 0 aliphatic carbocycles. The van der Waals surface area contributed by atoms with E-state index >= 15 is 0 Å². The Morgan fingerprint density at radius 2 is 1.71 bits per heavy atom. The van der Waals surface area contributed by atoms with Gasteiger partial charge in [-0.3, -0.25) is 4.79 Å². The van der Waals surface area contributed by atoms with Crippen molar-refractivity contribution in [2.45, 2.75) is 30.2 Å². The van der Waals surface area contributed by atoms with Crippen LogP contribution in [0.1, 0.15) is 21.5 Å². The standard InChI is InChI=1S/C18H15F5N2O2S/c1-10-8-15(11(2)7-14(10)16(26)25-24-3)27-12-5-4-6-13(9-12)28-18(22,23)17(19,20)21/h4-9H,1-3H3. The van der Waals surface area contributed by atoms with Crippen molar-refractivity contribution in [2.75, 3.05) is 7.05 Å². The van der Waals surface area contributed by atoms with Crippen molar-refractivity contribution in [3.05, 3.63) is 53.1 Å². The van der Waals surface area contributed by atoms with Gasteiger partial charge in [-0.1, -0.05) is 6.07 Å². The Morgan fingerprint density at radius 3 is 2.32 bits per heavy atom. The first-order valence-corrected chi connectivity index (χ1v) is 8.63. The summed E-state index contributed by atoms with van der Waals surface area (Å²) in [7, 11) is 1.37. The molecule has 0 radical (unpaired) electrons. The Morgan fingerprint density at radius 1 is 1.04 bits per heavy atom. The van der Waals surface area contributed by atoms with Gasteiger partial charge in [0.1, 0.15) is 11.5 Å². The van der Waals surface area contributed by atoms with Gasteiger partial charge in [0.15, 0.2) is 0 Å². The molecule has 0 fully saturated rings. The van der Waals surface area contributed by atoms with E-state index in [-0.39, 0.29) is 10.6 Å². The molecule has 0 atom stereocenters. The molecule has 0 saturated heterocycles. The van der Waals surface area contributed by atoms with Crippen LogP contribution in [-0.2, 0) is 0 Å². The Bertz CT molecular complexity index is 913. The number of alkyl halides is 5. The average Bonchev–Trinajstić information content (AvgIpc) is 2.57. The van der Waals surface area contributed by atoms with E-state index in [2.05, 4.69) is 10.2 Å². The fourth-order valence-corrected chi connectivity index (χ4v) is 2.94. The lowest BCUT2D eigenvalue weighted by molar-refractivity contribution is -0.237. The van der Waals surface area contributed by atoms with Gasteiger partial charge in [0.2, 0.25) is 0 Å². The normalized spacial score (nSPS) is 12.4. The lowest BCUT2D eigenvalue weighted by Crippen LogP contribution is -2.32. The van der Waals surface area contributed by atoms with Gasteiger partial charge in [-0.2, -0.15) is 27.1 Å². The van der Waals surface area contributed by atoms with E-state index in [9.17, 15) is 26.7 Å². The maximum Gasteiger partial charge on any atom is 0.464 e. The zero-order valence-electron chi connectivity index (χ0n) is 15.0. The van der Waals surface area contributed by atoms with Crippen LogP contribution in [0.25, 0.3) is 0 Å². The van der Waals surface area contributed by atoms with Gasteiger partial charge in [0, 0.05) is 17.5 Å². The van der Waals surface area contributed by atoms with Gasteiger partial charge in [0.25, 0.3) is 5.91 Å². The number of hydrogen-bond acceptors (Lipinski definition) is 4. The SMILES string of the molecule is CN=NC(=O)c1cc(C)c(Oc2cccc(SC(F)(F)C(F)(F)F)c2)cc1C. The molecular formula is C18H15F5N2O2S. The van der Waals surface area contributed by atoms with Crippen LogP contribution < -0.4 is 4.74 Å². The monoisotopic (exact) mass is 418 g/mol. The zero-order valence-corrected chi connectivity index (χ0v) is 15.8. The summed E-state index contributed by atoms with van der Waals surface area (Å²) in [4.78, 5) is 11.6. The Labute approximate surface area is 161 Å². The number of carbonyl (C=O) groups excluding carboxylic acids is 1. The maximum atomic E-state index is 13.2. The molecule has 2 aromatic rings. The summed E-state index contributed by atoms with van der Waals surface area (Å²) in [6.45, 7) is 3.31. The van der Waals surface area contributed by atoms with E-state index in [4.69, 9.17) is 4.74 Å². The largest absolute Gasteiger partial charge is 0.464 e. The summed E-state index contributed by atoms with van der Waals surface area (Å²) >= 11 is -0.609. The number of aryl methyl sites for hydroxylation is 2. The first-order chi connectivity index (χ1) is 12.9. The van der Waals surface area contributed by atoms with Gasteiger partial charge >= 0.3 is 11.4 Å². The van der Waals surface area contributed by atoms with E-state index in [1.54, 1.807) is 19.9 Å². The molecule has 0 aliphatic rings. The number of azo groups is 1. The molecule has 0 aromatic heterocycles. The molecule has 4 nitrogen and oxygen atoms in total. The number of ether oxygens (including phenoxy) is 1. The highest BCUT2D eigenvalue weighted by molar-refractivity contribution is 8.00. The summed E-state index contributed by atoms with van der Waals surface area (Å²) in [6, 6.07) is 8.05. The van der Waals surface area contributed by atoms with E-state index in [1.807, 2.05) is 0 Å². The van der Waals surface area contributed by atoms with E-state index in [0.29, 0.717) is 22.4 Å². The lowest BCUT2D eigenvalue weighted by Gasteiger charge is -2.19. The molecule has 2 rings (SSSR count). The summed E-state index contributed by atoms with van der Waals surface area (Å²) in [6.07, 6.45) is -5.67. The molecule has 10 heteroatoms. The van der Waals surface area contributed by atoms with Crippen LogP contribution in [-0.4, -0.2) is 24.4 Å². The van der Waals surface area contributed by atoms with Gasteiger partial charge in [-0.15, -0.1) is 5.11 Å². The third-order valence-electron chi connectivity index (χ3n) is 3.55. The number of amides is 1. The van der Waals surface area contributed by atoms with E-state index in [0.717, 1.165) is 12.1 Å². The topological polar surface area (TPSA) is 51.0 Å². The van der Waals surface area contributed by atoms with Crippen molar-refractivity contribution in [2.24, 2.45) is 10.2 Å². The van der Waals surface area contributed by atoms with Crippen LogP contribution in [0, 0.1) is 13.8 Å². The van der Waals surface area contributed by atoms with Crippen molar-refractivity contribution in [1.29, 1.82) is 0 Å². The molecule has 0 bridgehead atoms. The fourth-order valence-electron chi connectivity index (χ4n) is 2.21. The zero-order chi connectivity index (χ0) is 21.1. The van der Waals surface area contributed by atoms with Crippen LogP contribution in [0.3, 0.4) is 0 Å². The molecule has 0 saturated carbocycles. The molecule has 1 amide bonds. The smallest absolute Gasteiger partial charge is 0.457 e. The molecule has 0 heterocycles. The quantitative estimate of drug-likeness (QED) is 0.314. The molecular weight excluding hydrogens is 403 g/mol. The number of carbonyl (C=O) groups is 1. The van der Waals surface area contributed by atoms with Crippen LogP contribution in [0.15, 0.2) is 51.5 Å².